The minimum atomic E-state index is -0.933. The van der Waals surface area contributed by atoms with Gasteiger partial charge in [-0.3, -0.25) is 19.3 Å². The molecule has 0 aromatic rings. The fourth-order valence-electron chi connectivity index (χ4n) is 2.60. The molecule has 0 aliphatic carbocycles. The molecule has 12 N–H and O–H groups in total. The van der Waals surface area contributed by atoms with Crippen LogP contribution in [-0.4, -0.2) is 97.0 Å². The van der Waals surface area contributed by atoms with E-state index in [1.807, 2.05) is 0 Å². The van der Waals surface area contributed by atoms with Crippen molar-refractivity contribution in [1.29, 1.82) is 0 Å². The minimum absolute atomic E-state index is 0.364. The van der Waals surface area contributed by atoms with E-state index in [2.05, 4.69) is 5.32 Å². The van der Waals surface area contributed by atoms with Gasteiger partial charge in [0.25, 0.3) is 0 Å². The van der Waals surface area contributed by atoms with E-state index >= 15 is 0 Å². The standard InChI is InChI=1S/C8H18N2O2.C7H16N2O2.C6H14N2O2/c1-10(2)7(8(11)12)5-3-4-6-9;1-9-6(7(10)11)4-2-3-5-8;7-4-2-1-3-5(8)6(9)10/h7H,3-6,9H2,1-2H3,(H,11,12);6,9H,2-5,8H2,1H3,(H,10,11);5H,1-4,7-8H2,(H,9,10). The van der Waals surface area contributed by atoms with E-state index < -0.39 is 30.0 Å². The quantitative estimate of drug-likeness (QED) is 0.122. The van der Waals surface area contributed by atoms with Gasteiger partial charge >= 0.3 is 17.9 Å². The molecular formula is C21H48N6O6. The molecule has 12 nitrogen and oxygen atoms in total. The average molecular weight is 481 g/mol. The van der Waals surface area contributed by atoms with Gasteiger partial charge < -0.3 is 43.6 Å². The van der Waals surface area contributed by atoms with Crippen LogP contribution in [0.2, 0.25) is 0 Å². The third-order valence-corrected chi connectivity index (χ3v) is 4.72. The van der Waals surface area contributed by atoms with Crippen molar-refractivity contribution < 1.29 is 29.7 Å². The van der Waals surface area contributed by atoms with Gasteiger partial charge in [-0.1, -0.05) is 19.3 Å². The van der Waals surface area contributed by atoms with E-state index in [9.17, 15) is 14.4 Å². The molecular weight excluding hydrogens is 432 g/mol. The second kappa shape index (κ2) is 24.8. The maximum atomic E-state index is 10.7. The Kier molecular flexibility index (Phi) is 26.9. The van der Waals surface area contributed by atoms with Crippen molar-refractivity contribution in [3.8, 4) is 0 Å². The SMILES string of the molecule is CN(C)C(CCCCN)C(=O)O.CNC(CCCCN)C(=O)O.NCCCCC(N)C(=O)O. The Morgan fingerprint density at radius 3 is 1.45 bits per heavy atom. The highest BCUT2D eigenvalue weighted by atomic mass is 16.4. The van der Waals surface area contributed by atoms with Gasteiger partial charge in [-0.25, -0.2) is 0 Å². The van der Waals surface area contributed by atoms with Crippen LogP contribution in [0.3, 0.4) is 0 Å². The van der Waals surface area contributed by atoms with E-state index in [0.717, 1.165) is 38.5 Å². The van der Waals surface area contributed by atoms with E-state index in [4.69, 9.17) is 38.3 Å². The molecule has 3 atom stereocenters. The number of carboxylic acids is 3. The number of carboxylic acid groups (broad SMARTS) is 3. The lowest BCUT2D eigenvalue weighted by Gasteiger charge is -2.19. The lowest BCUT2D eigenvalue weighted by atomic mass is 10.1. The van der Waals surface area contributed by atoms with Gasteiger partial charge in [0.15, 0.2) is 0 Å². The first kappa shape index (κ1) is 35.8. The molecule has 0 aromatic carbocycles. The summed E-state index contributed by atoms with van der Waals surface area (Å²) in [7, 11) is 5.21. The lowest BCUT2D eigenvalue weighted by molar-refractivity contribution is -0.142. The van der Waals surface area contributed by atoms with E-state index in [1.54, 1.807) is 26.0 Å². The molecule has 0 aromatic heterocycles. The molecule has 12 heteroatoms. The third kappa shape index (κ3) is 24.6. The molecule has 0 spiro atoms. The number of nitrogens with two attached hydrogens (primary N) is 4. The maximum absolute atomic E-state index is 10.7. The zero-order valence-corrected chi connectivity index (χ0v) is 20.5. The molecule has 0 saturated heterocycles. The predicted octanol–water partition coefficient (Wildman–Crippen LogP) is -0.554. The maximum Gasteiger partial charge on any atom is 0.320 e. The largest absolute Gasteiger partial charge is 0.480 e. The van der Waals surface area contributed by atoms with Gasteiger partial charge in [0.05, 0.1) is 0 Å². The summed E-state index contributed by atoms with van der Waals surface area (Å²) >= 11 is 0. The number of likely N-dealkylation sites (N-methyl/N-ethyl adjacent to an activating group) is 2. The monoisotopic (exact) mass is 480 g/mol. The third-order valence-electron chi connectivity index (χ3n) is 4.72. The molecule has 198 valence electrons. The highest BCUT2D eigenvalue weighted by molar-refractivity contribution is 5.73. The highest BCUT2D eigenvalue weighted by Gasteiger charge is 2.18. The van der Waals surface area contributed by atoms with Crippen LogP contribution in [-0.2, 0) is 14.4 Å². The van der Waals surface area contributed by atoms with Gasteiger partial charge in [-0.05, 0) is 79.3 Å². The molecule has 0 radical (unpaired) electrons. The van der Waals surface area contributed by atoms with Crippen LogP contribution in [0.1, 0.15) is 57.8 Å². The van der Waals surface area contributed by atoms with E-state index in [1.165, 1.54) is 0 Å². The summed E-state index contributed by atoms with van der Waals surface area (Å²) in [4.78, 5) is 33.0. The molecule has 0 aliphatic heterocycles. The Bertz CT molecular complexity index is 496. The number of rotatable bonds is 17. The zero-order valence-electron chi connectivity index (χ0n) is 20.5. The van der Waals surface area contributed by atoms with Crippen LogP contribution < -0.4 is 28.3 Å². The normalized spacial score (nSPS) is 13.1. The van der Waals surface area contributed by atoms with Crippen molar-refractivity contribution in [2.24, 2.45) is 22.9 Å². The van der Waals surface area contributed by atoms with Crippen LogP contribution in [0.5, 0.6) is 0 Å². The fourth-order valence-corrected chi connectivity index (χ4v) is 2.60. The first-order valence-electron chi connectivity index (χ1n) is 11.4. The lowest BCUT2D eigenvalue weighted by Crippen LogP contribution is -2.35. The Morgan fingerprint density at radius 2 is 1.15 bits per heavy atom. The number of hydrogen-bond acceptors (Lipinski definition) is 9. The summed E-state index contributed by atoms with van der Waals surface area (Å²) in [5.74, 6) is -2.47. The van der Waals surface area contributed by atoms with Crippen molar-refractivity contribution in [3.05, 3.63) is 0 Å². The number of unbranched alkanes of at least 4 members (excludes halogenated alkanes) is 3. The Labute approximate surface area is 198 Å². The van der Waals surface area contributed by atoms with Crippen LogP contribution in [0.15, 0.2) is 0 Å². The second-order valence-electron chi connectivity index (χ2n) is 7.80. The molecule has 33 heavy (non-hydrogen) atoms. The topological polar surface area (TPSA) is 231 Å². The molecule has 0 heterocycles. The Morgan fingerprint density at radius 1 is 0.727 bits per heavy atom. The van der Waals surface area contributed by atoms with Crippen molar-refractivity contribution in [2.45, 2.75) is 75.9 Å². The number of nitrogens with one attached hydrogen (secondary N) is 1. The zero-order chi connectivity index (χ0) is 26.2. The summed E-state index contributed by atoms with van der Waals surface area (Å²) in [6, 6.07) is -1.50. The molecule has 0 fully saturated rings. The number of aliphatic carboxylic acids is 3. The van der Waals surface area contributed by atoms with Crippen LogP contribution in [0.25, 0.3) is 0 Å². The smallest absolute Gasteiger partial charge is 0.320 e. The summed E-state index contributed by atoms with van der Waals surface area (Å²) in [6.45, 7) is 1.88. The van der Waals surface area contributed by atoms with Crippen LogP contribution >= 0.6 is 0 Å². The van der Waals surface area contributed by atoms with Crippen LogP contribution in [0, 0.1) is 0 Å². The van der Waals surface area contributed by atoms with Crippen molar-refractivity contribution in [2.75, 3.05) is 40.8 Å². The first-order valence-corrected chi connectivity index (χ1v) is 11.4. The summed E-state index contributed by atoms with van der Waals surface area (Å²) in [5.41, 5.74) is 21.0. The number of carbonyl (C=O) groups is 3. The average Bonchev–Trinajstić information content (AvgIpc) is 2.74. The van der Waals surface area contributed by atoms with Gasteiger partial charge in [-0.2, -0.15) is 0 Å². The molecule has 0 bridgehead atoms. The van der Waals surface area contributed by atoms with Crippen molar-refractivity contribution >= 4 is 17.9 Å². The first-order chi connectivity index (χ1) is 15.5. The highest BCUT2D eigenvalue weighted by Crippen LogP contribution is 2.05. The van der Waals surface area contributed by atoms with E-state index in [-0.39, 0.29) is 6.04 Å². The Hall–Kier alpha value is -1.83. The van der Waals surface area contributed by atoms with Crippen LogP contribution in [0.4, 0.5) is 0 Å². The summed E-state index contributed by atoms with van der Waals surface area (Å²) in [5, 5.41) is 28.4. The summed E-state index contributed by atoms with van der Waals surface area (Å²) in [6.07, 6.45) is 7.04. The number of hydrogen-bond donors (Lipinski definition) is 8. The summed E-state index contributed by atoms with van der Waals surface area (Å²) < 4.78 is 0. The van der Waals surface area contributed by atoms with E-state index in [0.29, 0.717) is 38.9 Å². The molecule has 0 aliphatic rings. The van der Waals surface area contributed by atoms with Gasteiger partial charge in [-0.15, -0.1) is 0 Å². The van der Waals surface area contributed by atoms with Gasteiger partial charge in [0.2, 0.25) is 0 Å². The van der Waals surface area contributed by atoms with Gasteiger partial charge in [0, 0.05) is 0 Å². The molecule has 0 amide bonds. The van der Waals surface area contributed by atoms with Crippen molar-refractivity contribution in [1.82, 2.24) is 10.2 Å². The van der Waals surface area contributed by atoms with Crippen molar-refractivity contribution in [3.63, 3.8) is 0 Å². The molecule has 0 saturated carbocycles. The molecule has 3 unspecified atom stereocenters. The Balaban J connectivity index is -0.000000411. The molecule has 0 rings (SSSR count). The number of nitrogens with zero attached hydrogens (tertiary/aromatic N) is 1. The second-order valence-corrected chi connectivity index (χ2v) is 7.80. The van der Waals surface area contributed by atoms with Gasteiger partial charge in [0.1, 0.15) is 18.1 Å². The fraction of sp³-hybridized carbons (Fsp3) is 0.857. The predicted molar refractivity (Wildman–Crippen MR) is 130 cm³/mol. The minimum Gasteiger partial charge on any atom is -0.480 e.